The van der Waals surface area contributed by atoms with Gasteiger partial charge in [0.15, 0.2) is 0 Å². The van der Waals surface area contributed by atoms with Crippen molar-refractivity contribution < 1.29 is 5.11 Å². The van der Waals surface area contributed by atoms with Crippen LogP contribution >= 0.6 is 15.9 Å². The van der Waals surface area contributed by atoms with Crippen LogP contribution in [0.5, 0.6) is 0 Å². The van der Waals surface area contributed by atoms with Crippen LogP contribution in [-0.4, -0.2) is 24.7 Å². The molecule has 2 heterocycles. The van der Waals surface area contributed by atoms with Crippen molar-refractivity contribution >= 4 is 15.9 Å². The van der Waals surface area contributed by atoms with Crippen LogP contribution in [0.3, 0.4) is 0 Å². The van der Waals surface area contributed by atoms with Crippen LogP contribution in [-0.2, 0) is 0 Å². The highest BCUT2D eigenvalue weighted by Gasteiger charge is 2.22. The van der Waals surface area contributed by atoms with E-state index in [2.05, 4.69) is 40.0 Å². The van der Waals surface area contributed by atoms with Crippen molar-refractivity contribution in [3.05, 3.63) is 34.3 Å². The maximum absolute atomic E-state index is 10.5. The van der Waals surface area contributed by atoms with Gasteiger partial charge in [-0.3, -0.25) is 9.36 Å². The molecule has 0 spiro atoms. The van der Waals surface area contributed by atoms with Crippen LogP contribution < -0.4 is 0 Å². The molecule has 6 heteroatoms. The zero-order chi connectivity index (χ0) is 14.2. The van der Waals surface area contributed by atoms with Crippen LogP contribution in [0.25, 0.3) is 0 Å². The van der Waals surface area contributed by atoms with Gasteiger partial charge >= 0.3 is 0 Å². The lowest BCUT2D eigenvalue weighted by atomic mass is 10.1. The minimum atomic E-state index is -0.730. The molecule has 0 amide bonds. The fourth-order valence-corrected chi connectivity index (χ4v) is 2.44. The van der Waals surface area contributed by atoms with Gasteiger partial charge in [0.2, 0.25) is 0 Å². The van der Waals surface area contributed by atoms with Crippen molar-refractivity contribution in [2.45, 2.75) is 45.9 Å². The molecule has 1 atom stereocenters. The highest BCUT2D eigenvalue weighted by molar-refractivity contribution is 9.10. The lowest BCUT2D eigenvalue weighted by molar-refractivity contribution is 0.204. The predicted octanol–water partition coefficient (Wildman–Crippen LogP) is 3.09. The lowest BCUT2D eigenvalue weighted by Gasteiger charge is -2.15. The van der Waals surface area contributed by atoms with Gasteiger partial charge in [0, 0.05) is 23.8 Å². The molecule has 2 rings (SSSR count). The largest absolute Gasteiger partial charge is 0.382 e. The Morgan fingerprint density at radius 2 is 1.79 bits per heavy atom. The normalized spacial score (nSPS) is 13.5. The summed E-state index contributed by atoms with van der Waals surface area (Å²) in [5, 5.41) is 19.1. The molecule has 0 radical (unpaired) electrons. The van der Waals surface area contributed by atoms with Crippen molar-refractivity contribution in [1.29, 1.82) is 0 Å². The molecule has 0 bridgehead atoms. The summed E-state index contributed by atoms with van der Waals surface area (Å²) < 4.78 is 4.47. The molecule has 0 aliphatic carbocycles. The standard InChI is InChI=1S/C13H19BrN4O/c1-8(2)17-7-10(5-15-17)13(19)12-11(14)6-16-18(12)9(3)4/h5-9,13,19H,1-4H3. The first kappa shape index (κ1) is 14.3. The molecular formula is C13H19BrN4O. The molecule has 2 aromatic heterocycles. The van der Waals surface area contributed by atoms with E-state index in [0.717, 1.165) is 15.7 Å². The minimum absolute atomic E-state index is 0.191. The number of hydrogen-bond acceptors (Lipinski definition) is 3. The number of aromatic nitrogens is 4. The SMILES string of the molecule is CC(C)n1cc(C(O)c2c(Br)cnn2C(C)C)cn1. The van der Waals surface area contributed by atoms with Gasteiger partial charge in [-0.15, -0.1) is 0 Å². The van der Waals surface area contributed by atoms with Crippen LogP contribution in [0.1, 0.15) is 57.1 Å². The Morgan fingerprint density at radius 3 is 2.32 bits per heavy atom. The molecule has 104 valence electrons. The third-order valence-electron chi connectivity index (χ3n) is 3.00. The molecule has 0 aromatic carbocycles. The van der Waals surface area contributed by atoms with E-state index in [1.807, 2.05) is 29.4 Å². The second-order valence-electron chi connectivity index (χ2n) is 5.17. The first-order valence-electron chi connectivity index (χ1n) is 6.36. The molecular weight excluding hydrogens is 308 g/mol. The van der Waals surface area contributed by atoms with E-state index >= 15 is 0 Å². The highest BCUT2D eigenvalue weighted by atomic mass is 79.9. The predicted molar refractivity (Wildman–Crippen MR) is 77.0 cm³/mol. The summed E-state index contributed by atoms with van der Waals surface area (Å²) in [7, 11) is 0. The maximum atomic E-state index is 10.5. The molecule has 0 saturated carbocycles. The molecule has 0 saturated heterocycles. The summed E-state index contributed by atoms with van der Waals surface area (Å²) in [5.74, 6) is 0. The van der Waals surface area contributed by atoms with E-state index in [9.17, 15) is 5.11 Å². The van der Waals surface area contributed by atoms with Gasteiger partial charge in [0.25, 0.3) is 0 Å². The van der Waals surface area contributed by atoms with Gasteiger partial charge in [0.1, 0.15) is 6.10 Å². The average molecular weight is 327 g/mol. The summed E-state index contributed by atoms with van der Waals surface area (Å²) in [4.78, 5) is 0. The number of halogens is 1. The summed E-state index contributed by atoms with van der Waals surface area (Å²) >= 11 is 3.45. The van der Waals surface area contributed by atoms with Crippen LogP contribution in [0.4, 0.5) is 0 Å². The molecule has 19 heavy (non-hydrogen) atoms. The molecule has 0 aliphatic heterocycles. The van der Waals surface area contributed by atoms with Gasteiger partial charge in [0.05, 0.1) is 22.6 Å². The Labute approximate surface area is 121 Å². The zero-order valence-corrected chi connectivity index (χ0v) is 13.2. The second kappa shape index (κ2) is 5.46. The van der Waals surface area contributed by atoms with E-state index in [1.165, 1.54) is 0 Å². The Balaban J connectivity index is 2.37. The highest BCUT2D eigenvalue weighted by Crippen LogP contribution is 2.30. The molecule has 2 aromatic rings. The van der Waals surface area contributed by atoms with Gasteiger partial charge in [-0.2, -0.15) is 10.2 Å². The summed E-state index contributed by atoms with van der Waals surface area (Å²) in [5.41, 5.74) is 1.54. The average Bonchev–Trinajstić information content (AvgIpc) is 2.94. The second-order valence-corrected chi connectivity index (χ2v) is 6.02. The number of nitrogens with zero attached hydrogens (tertiary/aromatic N) is 4. The Hall–Kier alpha value is -1.14. The van der Waals surface area contributed by atoms with Crippen molar-refractivity contribution in [1.82, 2.24) is 19.6 Å². The van der Waals surface area contributed by atoms with Crippen molar-refractivity contribution in [3.8, 4) is 0 Å². The lowest BCUT2D eigenvalue weighted by Crippen LogP contribution is -2.12. The summed E-state index contributed by atoms with van der Waals surface area (Å²) in [6.45, 7) is 8.18. The van der Waals surface area contributed by atoms with Crippen molar-refractivity contribution in [2.75, 3.05) is 0 Å². The molecule has 1 unspecified atom stereocenters. The molecule has 0 fully saturated rings. The molecule has 1 N–H and O–H groups in total. The number of rotatable bonds is 4. The Bertz CT molecular complexity index is 559. The zero-order valence-electron chi connectivity index (χ0n) is 11.6. The summed E-state index contributed by atoms with van der Waals surface area (Å²) in [6, 6.07) is 0.468. The topological polar surface area (TPSA) is 55.9 Å². The maximum Gasteiger partial charge on any atom is 0.125 e. The van der Waals surface area contributed by atoms with E-state index in [0.29, 0.717) is 0 Å². The first-order chi connectivity index (χ1) is 8.91. The van der Waals surface area contributed by atoms with Crippen LogP contribution in [0, 0.1) is 0 Å². The minimum Gasteiger partial charge on any atom is -0.382 e. The van der Waals surface area contributed by atoms with E-state index in [1.54, 1.807) is 12.4 Å². The number of aliphatic hydroxyl groups is 1. The molecule has 0 aliphatic rings. The van der Waals surface area contributed by atoms with Gasteiger partial charge in [-0.25, -0.2) is 0 Å². The fourth-order valence-electron chi connectivity index (χ4n) is 1.95. The monoisotopic (exact) mass is 326 g/mol. The quantitative estimate of drug-likeness (QED) is 0.939. The van der Waals surface area contributed by atoms with Crippen LogP contribution in [0.15, 0.2) is 23.1 Å². The Morgan fingerprint density at radius 1 is 1.11 bits per heavy atom. The Kier molecular flexibility index (Phi) is 4.10. The summed E-state index contributed by atoms with van der Waals surface area (Å²) in [6.07, 6.45) is 4.56. The van der Waals surface area contributed by atoms with Crippen LogP contribution in [0.2, 0.25) is 0 Å². The molecule has 5 nitrogen and oxygen atoms in total. The third kappa shape index (κ3) is 2.74. The van der Waals surface area contributed by atoms with Gasteiger partial charge < -0.3 is 5.11 Å². The first-order valence-corrected chi connectivity index (χ1v) is 7.16. The smallest absolute Gasteiger partial charge is 0.125 e. The van der Waals surface area contributed by atoms with E-state index < -0.39 is 6.10 Å². The van der Waals surface area contributed by atoms with Crippen molar-refractivity contribution in [2.24, 2.45) is 0 Å². The number of hydrogen-bond donors (Lipinski definition) is 1. The van der Waals surface area contributed by atoms with E-state index in [4.69, 9.17) is 0 Å². The van der Waals surface area contributed by atoms with Crippen molar-refractivity contribution in [3.63, 3.8) is 0 Å². The third-order valence-corrected chi connectivity index (χ3v) is 3.61. The number of aliphatic hydroxyl groups excluding tert-OH is 1. The van der Waals surface area contributed by atoms with E-state index in [-0.39, 0.29) is 12.1 Å². The van der Waals surface area contributed by atoms with Gasteiger partial charge in [-0.05, 0) is 43.6 Å². The van der Waals surface area contributed by atoms with Gasteiger partial charge in [-0.1, -0.05) is 0 Å². The fraction of sp³-hybridized carbons (Fsp3) is 0.538.